The molecule has 1 aromatic carbocycles. The Morgan fingerprint density at radius 1 is 1.43 bits per heavy atom. The molecule has 1 aliphatic heterocycles. The highest BCUT2D eigenvalue weighted by Crippen LogP contribution is 2.27. The summed E-state index contributed by atoms with van der Waals surface area (Å²) in [5.74, 6) is 0.286. The Bertz CT molecular complexity index is 659. The average molecular weight is 313 g/mol. The molecule has 0 bridgehead atoms. The van der Waals surface area contributed by atoms with Gasteiger partial charge in [-0.15, -0.1) is 0 Å². The molecule has 2 atom stereocenters. The summed E-state index contributed by atoms with van der Waals surface area (Å²) in [6, 6.07) is 3.60. The van der Waals surface area contributed by atoms with Crippen molar-refractivity contribution in [2.45, 2.75) is 31.2 Å². The van der Waals surface area contributed by atoms with Gasteiger partial charge in [0.1, 0.15) is 0 Å². The minimum absolute atomic E-state index is 0.106. The number of piperidine rings is 1. The minimum Gasteiger partial charge on any atom is -0.326 e. The van der Waals surface area contributed by atoms with Crippen LogP contribution in [-0.4, -0.2) is 36.8 Å². The van der Waals surface area contributed by atoms with Gasteiger partial charge in [-0.25, -0.2) is 8.42 Å². The molecular weight excluding hydrogens is 294 g/mol. The van der Waals surface area contributed by atoms with Crippen molar-refractivity contribution in [1.82, 2.24) is 4.31 Å². The lowest BCUT2D eigenvalue weighted by atomic mass is 9.96. The van der Waals surface area contributed by atoms with Crippen LogP contribution in [0.5, 0.6) is 0 Å². The van der Waals surface area contributed by atoms with Gasteiger partial charge in [0.25, 0.3) is 5.69 Å². The summed E-state index contributed by atoms with van der Waals surface area (Å²) in [5.41, 5.74) is 6.21. The fourth-order valence-electron chi connectivity index (χ4n) is 2.46. The zero-order chi connectivity index (χ0) is 15.8. The van der Waals surface area contributed by atoms with Crippen molar-refractivity contribution in [1.29, 1.82) is 0 Å². The van der Waals surface area contributed by atoms with E-state index >= 15 is 0 Å². The van der Waals surface area contributed by atoms with E-state index in [1.165, 1.54) is 22.5 Å². The van der Waals surface area contributed by atoms with E-state index in [0.29, 0.717) is 18.5 Å². The second kappa shape index (κ2) is 5.70. The maximum Gasteiger partial charge on any atom is 0.269 e. The fourth-order valence-corrected chi connectivity index (χ4v) is 4.16. The van der Waals surface area contributed by atoms with E-state index in [2.05, 4.69) is 0 Å². The molecule has 8 heteroatoms. The van der Waals surface area contributed by atoms with Gasteiger partial charge in [0.05, 0.1) is 9.82 Å². The van der Waals surface area contributed by atoms with Gasteiger partial charge in [0.2, 0.25) is 10.0 Å². The highest BCUT2D eigenvalue weighted by molar-refractivity contribution is 7.89. The fraction of sp³-hybridized carbons (Fsp3) is 0.538. The minimum atomic E-state index is -3.66. The summed E-state index contributed by atoms with van der Waals surface area (Å²) in [6.45, 7) is 4.27. The Morgan fingerprint density at radius 2 is 2.10 bits per heavy atom. The summed E-state index contributed by atoms with van der Waals surface area (Å²) in [5, 5.41) is 10.7. The van der Waals surface area contributed by atoms with Crippen LogP contribution in [0.25, 0.3) is 0 Å². The average Bonchev–Trinajstić information content (AvgIpc) is 2.41. The van der Waals surface area contributed by atoms with Crippen LogP contribution >= 0.6 is 0 Å². The van der Waals surface area contributed by atoms with Crippen molar-refractivity contribution in [3.8, 4) is 0 Å². The smallest absolute Gasteiger partial charge is 0.269 e. The molecule has 1 aliphatic rings. The van der Waals surface area contributed by atoms with Gasteiger partial charge >= 0.3 is 0 Å². The Hall–Kier alpha value is -1.51. The van der Waals surface area contributed by atoms with Crippen LogP contribution in [-0.2, 0) is 10.0 Å². The molecule has 0 aliphatic carbocycles. The monoisotopic (exact) mass is 313 g/mol. The van der Waals surface area contributed by atoms with E-state index in [4.69, 9.17) is 5.73 Å². The van der Waals surface area contributed by atoms with Crippen LogP contribution in [0.3, 0.4) is 0 Å². The van der Waals surface area contributed by atoms with Crippen molar-refractivity contribution in [3.05, 3.63) is 33.9 Å². The molecule has 21 heavy (non-hydrogen) atoms. The Kier molecular flexibility index (Phi) is 4.31. The van der Waals surface area contributed by atoms with Gasteiger partial charge in [-0.05, 0) is 30.9 Å². The lowest BCUT2D eigenvalue weighted by molar-refractivity contribution is -0.385. The molecule has 0 amide bonds. The normalized spacial score (nSPS) is 24.0. The van der Waals surface area contributed by atoms with Crippen LogP contribution in [0, 0.1) is 23.0 Å². The van der Waals surface area contributed by atoms with Crippen molar-refractivity contribution in [2.24, 2.45) is 11.7 Å². The van der Waals surface area contributed by atoms with Crippen molar-refractivity contribution >= 4 is 15.7 Å². The molecule has 116 valence electrons. The summed E-state index contributed by atoms with van der Waals surface area (Å²) in [6.07, 6.45) is 0.715. The molecule has 1 saturated heterocycles. The van der Waals surface area contributed by atoms with E-state index in [1.54, 1.807) is 6.92 Å². The lowest BCUT2D eigenvalue weighted by Crippen LogP contribution is -2.49. The maximum absolute atomic E-state index is 12.6. The van der Waals surface area contributed by atoms with Gasteiger partial charge in [0, 0.05) is 31.3 Å². The van der Waals surface area contributed by atoms with Gasteiger partial charge in [0.15, 0.2) is 0 Å². The highest BCUT2D eigenvalue weighted by Gasteiger charge is 2.33. The Labute approximate surface area is 123 Å². The molecule has 0 aromatic heterocycles. The van der Waals surface area contributed by atoms with Crippen molar-refractivity contribution in [2.75, 3.05) is 13.1 Å². The second-order valence-corrected chi connectivity index (χ2v) is 7.41. The van der Waals surface area contributed by atoms with Crippen molar-refractivity contribution in [3.63, 3.8) is 0 Å². The van der Waals surface area contributed by atoms with E-state index in [-0.39, 0.29) is 29.1 Å². The van der Waals surface area contributed by atoms with E-state index in [0.717, 1.165) is 0 Å². The molecule has 0 radical (unpaired) electrons. The first-order valence-corrected chi connectivity index (χ1v) is 8.18. The number of sulfonamides is 1. The van der Waals surface area contributed by atoms with Crippen LogP contribution in [0.15, 0.2) is 23.1 Å². The van der Waals surface area contributed by atoms with Gasteiger partial charge in [-0.1, -0.05) is 6.92 Å². The van der Waals surface area contributed by atoms with Crippen molar-refractivity contribution < 1.29 is 13.3 Å². The molecule has 0 saturated carbocycles. The molecule has 2 rings (SSSR count). The third-order valence-electron chi connectivity index (χ3n) is 3.97. The standard InChI is InChI=1S/C13H19N3O4S/c1-9-5-6-15(8-12(9)14)21(19,20)13-4-3-11(16(17)18)7-10(13)2/h3-4,7,9,12H,5-6,8,14H2,1-2H3. The summed E-state index contributed by atoms with van der Waals surface area (Å²) in [7, 11) is -3.66. The predicted octanol–water partition coefficient (Wildman–Crippen LogP) is 1.26. The number of nitro groups is 1. The maximum atomic E-state index is 12.6. The van der Waals surface area contributed by atoms with Gasteiger partial charge in [-0.3, -0.25) is 10.1 Å². The highest BCUT2D eigenvalue weighted by atomic mass is 32.2. The number of benzene rings is 1. The molecule has 0 spiro atoms. The molecule has 7 nitrogen and oxygen atoms in total. The summed E-state index contributed by atoms with van der Waals surface area (Å²) >= 11 is 0. The Morgan fingerprint density at radius 3 is 2.62 bits per heavy atom. The lowest BCUT2D eigenvalue weighted by Gasteiger charge is -2.34. The SMILES string of the molecule is Cc1cc([N+](=O)[O-])ccc1S(=O)(=O)N1CCC(C)C(N)C1. The number of rotatable bonds is 3. The Balaban J connectivity index is 2.34. The number of hydrogen-bond donors (Lipinski definition) is 1. The number of non-ortho nitro benzene ring substituents is 1. The second-order valence-electron chi connectivity index (χ2n) is 5.50. The third kappa shape index (κ3) is 3.07. The number of nitrogens with zero attached hydrogens (tertiary/aromatic N) is 2. The van der Waals surface area contributed by atoms with Crippen LogP contribution in [0.4, 0.5) is 5.69 Å². The number of hydrogen-bond acceptors (Lipinski definition) is 5. The first-order valence-electron chi connectivity index (χ1n) is 6.74. The van der Waals surface area contributed by atoms with Gasteiger partial charge in [-0.2, -0.15) is 4.31 Å². The third-order valence-corrected chi connectivity index (χ3v) is 5.99. The molecule has 2 N–H and O–H groups in total. The van der Waals surface area contributed by atoms with Gasteiger partial charge < -0.3 is 5.73 Å². The van der Waals surface area contributed by atoms with E-state index in [1.807, 2.05) is 6.92 Å². The van der Waals surface area contributed by atoms with Crippen LogP contribution in [0.2, 0.25) is 0 Å². The quantitative estimate of drug-likeness (QED) is 0.668. The molecule has 2 unspecified atom stereocenters. The molecular formula is C13H19N3O4S. The summed E-state index contributed by atoms with van der Waals surface area (Å²) < 4.78 is 26.7. The number of nitrogens with two attached hydrogens (primary N) is 1. The zero-order valence-electron chi connectivity index (χ0n) is 12.0. The predicted molar refractivity (Wildman–Crippen MR) is 78.3 cm³/mol. The molecule has 1 aromatic rings. The van der Waals surface area contributed by atoms with E-state index in [9.17, 15) is 18.5 Å². The largest absolute Gasteiger partial charge is 0.326 e. The first kappa shape index (κ1) is 15.9. The van der Waals surface area contributed by atoms with E-state index < -0.39 is 14.9 Å². The van der Waals surface area contributed by atoms with Crippen LogP contribution < -0.4 is 5.73 Å². The summed E-state index contributed by atoms with van der Waals surface area (Å²) in [4.78, 5) is 10.3. The first-order chi connectivity index (χ1) is 9.73. The molecule has 1 heterocycles. The zero-order valence-corrected chi connectivity index (χ0v) is 12.8. The number of nitro benzene ring substituents is 1. The van der Waals surface area contributed by atoms with Crippen LogP contribution in [0.1, 0.15) is 18.9 Å². The molecule has 1 fully saturated rings. The number of aryl methyl sites for hydroxylation is 1. The topological polar surface area (TPSA) is 107 Å².